The third kappa shape index (κ3) is 7.98. The normalized spacial score (nSPS) is 16.0. The van der Waals surface area contributed by atoms with Gasteiger partial charge < -0.3 is 16.0 Å². The molecule has 0 aromatic heterocycles. The predicted octanol–water partition coefficient (Wildman–Crippen LogP) is 3.77. The summed E-state index contributed by atoms with van der Waals surface area (Å²) in [6.45, 7) is 11.2. The molecule has 6 heteroatoms. The van der Waals surface area contributed by atoms with Crippen LogP contribution in [0.4, 0.5) is 0 Å². The summed E-state index contributed by atoms with van der Waals surface area (Å²) in [5.74, 6) is 0.555. The fourth-order valence-electron chi connectivity index (χ4n) is 4.49. The minimum atomic E-state index is -0.190. The second-order valence-corrected chi connectivity index (χ2v) is 8.77. The molecule has 1 fully saturated rings. The maximum atomic E-state index is 12.4. The van der Waals surface area contributed by atoms with E-state index in [1.165, 1.54) is 11.1 Å². The molecular weight excluding hydrogens is 410 g/mol. The zero-order chi connectivity index (χ0) is 24.2. The van der Waals surface area contributed by atoms with Crippen LogP contribution < -0.4 is 10.6 Å². The van der Waals surface area contributed by atoms with Gasteiger partial charge in [-0.1, -0.05) is 36.9 Å². The number of carbonyl (C=O) groups is 1. The molecule has 0 bridgehead atoms. The maximum Gasteiger partial charge on any atom is 0.237 e. The Balaban J connectivity index is 2.07. The van der Waals surface area contributed by atoms with Gasteiger partial charge >= 0.3 is 0 Å². The highest BCUT2D eigenvalue weighted by atomic mass is 16.2. The summed E-state index contributed by atoms with van der Waals surface area (Å²) < 4.78 is 0. The lowest BCUT2D eigenvalue weighted by atomic mass is 9.87. The topological polar surface area (TPSA) is 71.5 Å². The first-order valence-electron chi connectivity index (χ1n) is 11.8. The van der Waals surface area contributed by atoms with Gasteiger partial charge in [-0.2, -0.15) is 0 Å². The van der Waals surface area contributed by atoms with E-state index in [4.69, 9.17) is 5.41 Å². The summed E-state index contributed by atoms with van der Waals surface area (Å²) in [6.07, 6.45) is 11.1. The van der Waals surface area contributed by atoms with Crippen molar-refractivity contribution in [1.82, 2.24) is 20.4 Å². The third-order valence-corrected chi connectivity index (χ3v) is 6.44. The predicted molar refractivity (Wildman–Crippen MR) is 140 cm³/mol. The zero-order valence-electron chi connectivity index (χ0n) is 20.6. The van der Waals surface area contributed by atoms with Gasteiger partial charge in [-0.3, -0.25) is 14.6 Å². The van der Waals surface area contributed by atoms with E-state index in [9.17, 15) is 4.79 Å². The fraction of sp³-hybridized carbons (Fsp3) is 0.481. The number of carbonyl (C=O) groups excluding carboxylic acids is 1. The van der Waals surface area contributed by atoms with Crippen molar-refractivity contribution >= 4 is 17.7 Å². The largest absolute Gasteiger partial charge is 0.394 e. The highest BCUT2D eigenvalue weighted by Crippen LogP contribution is 2.30. The van der Waals surface area contributed by atoms with E-state index < -0.39 is 0 Å². The number of benzene rings is 1. The average Bonchev–Trinajstić information content (AvgIpc) is 2.83. The van der Waals surface area contributed by atoms with E-state index in [2.05, 4.69) is 51.8 Å². The Morgan fingerprint density at radius 3 is 2.64 bits per heavy atom. The minimum absolute atomic E-state index is 0.0400. The highest BCUT2D eigenvalue weighted by Gasteiger charge is 2.24. The lowest BCUT2D eigenvalue weighted by Crippen LogP contribution is -2.43. The number of amides is 1. The van der Waals surface area contributed by atoms with E-state index in [0.29, 0.717) is 24.7 Å². The van der Waals surface area contributed by atoms with Crippen molar-refractivity contribution in [1.29, 1.82) is 5.41 Å². The van der Waals surface area contributed by atoms with Gasteiger partial charge in [0, 0.05) is 32.9 Å². The van der Waals surface area contributed by atoms with Gasteiger partial charge in [-0.25, -0.2) is 0 Å². The molecule has 33 heavy (non-hydrogen) atoms. The molecule has 6 nitrogen and oxygen atoms in total. The number of nitrogens with zero attached hydrogens (tertiary/aromatic N) is 2. The second-order valence-electron chi connectivity index (χ2n) is 8.77. The molecule has 0 radical (unpaired) electrons. The van der Waals surface area contributed by atoms with Crippen molar-refractivity contribution in [3.05, 3.63) is 66.4 Å². The molecule has 1 saturated heterocycles. The van der Waals surface area contributed by atoms with Crippen molar-refractivity contribution in [2.45, 2.75) is 44.2 Å². The van der Waals surface area contributed by atoms with E-state index >= 15 is 0 Å². The molecule has 1 amide bonds. The molecule has 3 N–H and O–H groups in total. The third-order valence-electron chi connectivity index (χ3n) is 6.44. The first-order chi connectivity index (χ1) is 15.9. The number of nitrogens with one attached hydrogen (secondary N) is 3. The number of likely N-dealkylation sites (tertiary alicyclic amines) is 1. The van der Waals surface area contributed by atoms with Crippen LogP contribution >= 0.6 is 0 Å². The molecular formula is C27H41N5O. The first kappa shape index (κ1) is 26.6. The van der Waals surface area contributed by atoms with Gasteiger partial charge in [0.05, 0.1) is 6.04 Å². The van der Waals surface area contributed by atoms with Gasteiger partial charge in [0.2, 0.25) is 5.91 Å². The number of piperidine rings is 1. The smallest absolute Gasteiger partial charge is 0.237 e. The van der Waals surface area contributed by atoms with Crippen molar-refractivity contribution in [3.63, 3.8) is 0 Å². The highest BCUT2D eigenvalue weighted by molar-refractivity contribution is 5.93. The molecule has 2 rings (SSSR count). The Hall–Kier alpha value is -2.70. The van der Waals surface area contributed by atoms with Crippen LogP contribution in [-0.4, -0.2) is 68.2 Å². The average molecular weight is 452 g/mol. The molecule has 180 valence electrons. The van der Waals surface area contributed by atoms with Crippen LogP contribution in [0.5, 0.6) is 0 Å². The summed E-state index contributed by atoms with van der Waals surface area (Å²) in [5, 5.41) is 13.8. The van der Waals surface area contributed by atoms with Gasteiger partial charge in [-0.05, 0) is 80.7 Å². The lowest BCUT2D eigenvalue weighted by Gasteiger charge is -2.32. The Bertz CT molecular complexity index is 839. The van der Waals surface area contributed by atoms with Crippen LogP contribution in [-0.2, 0) is 11.3 Å². The van der Waals surface area contributed by atoms with E-state index in [-0.39, 0.29) is 11.9 Å². The summed E-state index contributed by atoms with van der Waals surface area (Å²) in [4.78, 5) is 16.9. The van der Waals surface area contributed by atoms with Gasteiger partial charge in [0.25, 0.3) is 0 Å². The molecule has 1 aromatic carbocycles. The molecule has 1 aliphatic heterocycles. The SMILES string of the molecule is C=CCCC(C(=O)NC)N(C)Cc1cc(C2CCN(CC(=N)/C=C\NC)CC2)ccc1C=C. The van der Waals surface area contributed by atoms with Gasteiger partial charge in [-0.15, -0.1) is 6.58 Å². The van der Waals surface area contributed by atoms with Crippen LogP contribution in [0.15, 0.2) is 49.7 Å². The number of rotatable bonds is 13. The van der Waals surface area contributed by atoms with Crippen LogP contribution in [0.2, 0.25) is 0 Å². The molecule has 0 aliphatic carbocycles. The second kappa shape index (κ2) is 13.8. The quantitative estimate of drug-likeness (QED) is 0.315. The number of hydrogen-bond acceptors (Lipinski definition) is 5. The Kier molecular flexibility index (Phi) is 11.1. The van der Waals surface area contributed by atoms with E-state index in [1.807, 2.05) is 32.3 Å². The molecule has 1 aliphatic rings. The van der Waals surface area contributed by atoms with Crippen molar-refractivity contribution in [2.24, 2.45) is 0 Å². The molecule has 1 heterocycles. The van der Waals surface area contributed by atoms with E-state index in [1.54, 1.807) is 13.2 Å². The first-order valence-corrected chi connectivity index (χ1v) is 11.8. The molecule has 1 aromatic rings. The molecule has 1 unspecified atom stereocenters. The van der Waals surface area contributed by atoms with Gasteiger partial charge in [0.15, 0.2) is 0 Å². The monoisotopic (exact) mass is 451 g/mol. The number of allylic oxidation sites excluding steroid dienone is 1. The maximum absolute atomic E-state index is 12.4. The van der Waals surface area contributed by atoms with Crippen molar-refractivity contribution in [2.75, 3.05) is 40.8 Å². The fourth-order valence-corrected chi connectivity index (χ4v) is 4.49. The summed E-state index contributed by atoms with van der Waals surface area (Å²) in [6, 6.07) is 6.51. The minimum Gasteiger partial charge on any atom is -0.394 e. The van der Waals surface area contributed by atoms with Crippen molar-refractivity contribution < 1.29 is 4.79 Å². The van der Waals surface area contributed by atoms with Crippen molar-refractivity contribution in [3.8, 4) is 0 Å². The molecule has 0 spiro atoms. The van der Waals surface area contributed by atoms with Crippen LogP contribution in [0.3, 0.4) is 0 Å². The van der Waals surface area contributed by atoms with E-state index in [0.717, 1.165) is 44.3 Å². The Morgan fingerprint density at radius 2 is 2.03 bits per heavy atom. The molecule has 0 saturated carbocycles. The van der Waals surface area contributed by atoms with Crippen LogP contribution in [0.25, 0.3) is 6.08 Å². The molecule has 1 atom stereocenters. The number of likely N-dealkylation sites (N-methyl/N-ethyl adjacent to an activating group) is 2. The summed E-state index contributed by atoms with van der Waals surface area (Å²) >= 11 is 0. The Labute approximate surface area is 199 Å². The lowest BCUT2D eigenvalue weighted by molar-refractivity contribution is -0.125. The zero-order valence-corrected chi connectivity index (χ0v) is 20.6. The van der Waals surface area contributed by atoms with Crippen LogP contribution in [0, 0.1) is 5.41 Å². The standard InChI is InChI=1S/C27H41N5O/c1-6-8-9-26(27(33)30-4)31(5)19-24-18-23(11-10-21(24)7-2)22-13-16-32(17-14-22)20-25(28)12-15-29-3/h6-7,10-12,15,18,22,26,28-29H,1-2,8-9,13-14,16-17,19-20H2,3-5H3,(H,30,33)/b15-12-,28-25?. The summed E-state index contributed by atoms with van der Waals surface area (Å²) in [7, 11) is 5.55. The van der Waals surface area contributed by atoms with Crippen LogP contribution in [0.1, 0.15) is 48.3 Å². The Morgan fingerprint density at radius 1 is 1.30 bits per heavy atom. The number of hydrogen-bond donors (Lipinski definition) is 3. The summed E-state index contributed by atoms with van der Waals surface area (Å²) in [5.41, 5.74) is 4.31. The van der Waals surface area contributed by atoms with Gasteiger partial charge in [0.1, 0.15) is 0 Å².